The third kappa shape index (κ3) is 5.26. The van der Waals surface area contributed by atoms with Crippen molar-refractivity contribution < 1.29 is 9.18 Å². The van der Waals surface area contributed by atoms with Gasteiger partial charge in [-0.05, 0) is 58.0 Å². The average molecular weight is 267 g/mol. The minimum absolute atomic E-state index is 0.201. The summed E-state index contributed by atoms with van der Waals surface area (Å²) in [6.45, 7) is 6.74. The summed E-state index contributed by atoms with van der Waals surface area (Å²) < 4.78 is 12.9. The molecule has 2 amide bonds. The van der Waals surface area contributed by atoms with Crippen LogP contribution < -0.4 is 16.0 Å². The summed E-state index contributed by atoms with van der Waals surface area (Å²) in [5, 5.41) is 2.89. The van der Waals surface area contributed by atoms with Gasteiger partial charge in [-0.15, -0.1) is 0 Å². The largest absolute Gasteiger partial charge is 0.333 e. The number of anilines is 1. The highest BCUT2D eigenvalue weighted by Gasteiger charge is 2.20. The van der Waals surface area contributed by atoms with Gasteiger partial charge >= 0.3 is 6.03 Å². The molecule has 0 fully saturated rings. The molecule has 0 aromatic heterocycles. The van der Waals surface area contributed by atoms with E-state index < -0.39 is 0 Å². The van der Waals surface area contributed by atoms with Crippen molar-refractivity contribution in [1.82, 2.24) is 5.32 Å². The van der Waals surface area contributed by atoms with Crippen LogP contribution in [0.2, 0.25) is 0 Å². The molecule has 106 valence electrons. The molecule has 1 rings (SSSR count). The molecule has 1 aromatic rings. The van der Waals surface area contributed by atoms with E-state index in [-0.39, 0.29) is 17.4 Å². The summed E-state index contributed by atoms with van der Waals surface area (Å²) in [5.41, 5.74) is 5.83. The molecule has 0 aliphatic carbocycles. The van der Waals surface area contributed by atoms with Crippen LogP contribution in [0.1, 0.15) is 27.2 Å². The Morgan fingerprint density at radius 3 is 2.37 bits per heavy atom. The van der Waals surface area contributed by atoms with Gasteiger partial charge in [0, 0.05) is 17.8 Å². The van der Waals surface area contributed by atoms with Crippen LogP contribution in [0.5, 0.6) is 0 Å². The fourth-order valence-corrected chi connectivity index (χ4v) is 1.61. The molecule has 19 heavy (non-hydrogen) atoms. The molecular formula is C14H22FN3O. The number of halogens is 1. The fourth-order valence-electron chi connectivity index (χ4n) is 1.61. The number of nitrogens with zero attached hydrogens (tertiary/aromatic N) is 1. The molecule has 1 aromatic carbocycles. The lowest BCUT2D eigenvalue weighted by atomic mass is 10.1. The molecule has 0 bridgehead atoms. The van der Waals surface area contributed by atoms with Gasteiger partial charge in [0.2, 0.25) is 0 Å². The molecule has 4 nitrogen and oxygen atoms in total. The number of carbonyl (C=O) groups excluding carboxylic acids is 1. The highest BCUT2D eigenvalue weighted by atomic mass is 19.1. The summed E-state index contributed by atoms with van der Waals surface area (Å²) >= 11 is 0. The van der Waals surface area contributed by atoms with Gasteiger partial charge in [-0.3, -0.25) is 4.90 Å². The van der Waals surface area contributed by atoms with Crippen LogP contribution >= 0.6 is 0 Å². The minimum Gasteiger partial charge on any atom is -0.333 e. The van der Waals surface area contributed by atoms with Gasteiger partial charge in [0.05, 0.1) is 0 Å². The van der Waals surface area contributed by atoms with Crippen molar-refractivity contribution in [2.75, 3.05) is 18.0 Å². The Hall–Kier alpha value is -1.62. The summed E-state index contributed by atoms with van der Waals surface area (Å²) in [5.74, 6) is -0.321. The van der Waals surface area contributed by atoms with Gasteiger partial charge < -0.3 is 11.1 Å². The molecule has 5 heteroatoms. The molecule has 0 atom stereocenters. The molecular weight excluding hydrogens is 245 g/mol. The first-order valence-electron chi connectivity index (χ1n) is 6.39. The lowest BCUT2D eigenvalue weighted by Gasteiger charge is -2.28. The predicted molar refractivity (Wildman–Crippen MR) is 75.7 cm³/mol. The highest BCUT2D eigenvalue weighted by Crippen LogP contribution is 2.16. The van der Waals surface area contributed by atoms with Gasteiger partial charge in [-0.25, -0.2) is 9.18 Å². The number of carbonyl (C=O) groups is 1. The van der Waals surface area contributed by atoms with Gasteiger partial charge in [-0.2, -0.15) is 0 Å². The smallest absolute Gasteiger partial charge is 0.322 e. The van der Waals surface area contributed by atoms with Gasteiger partial charge in [0.1, 0.15) is 5.82 Å². The van der Waals surface area contributed by atoms with Gasteiger partial charge in [0.25, 0.3) is 0 Å². The lowest BCUT2D eigenvalue weighted by Crippen LogP contribution is -2.49. The molecule has 3 N–H and O–H groups in total. The number of benzene rings is 1. The van der Waals surface area contributed by atoms with E-state index in [4.69, 9.17) is 5.73 Å². The molecule has 0 radical (unpaired) electrons. The van der Waals surface area contributed by atoms with Crippen LogP contribution in [-0.2, 0) is 0 Å². The molecule has 0 aliphatic rings. The van der Waals surface area contributed by atoms with Gasteiger partial charge in [-0.1, -0.05) is 0 Å². The topological polar surface area (TPSA) is 58.4 Å². The van der Waals surface area contributed by atoms with Crippen molar-refractivity contribution >= 4 is 11.7 Å². The van der Waals surface area contributed by atoms with Crippen molar-refractivity contribution in [2.45, 2.75) is 32.7 Å². The maximum absolute atomic E-state index is 12.9. The van der Waals surface area contributed by atoms with Crippen molar-refractivity contribution in [3.8, 4) is 0 Å². The first kappa shape index (κ1) is 15.4. The van der Waals surface area contributed by atoms with E-state index in [2.05, 4.69) is 5.32 Å². The number of hydrogen-bond acceptors (Lipinski definition) is 2. The Bertz CT molecular complexity index is 412. The quantitative estimate of drug-likeness (QED) is 0.880. The monoisotopic (exact) mass is 267 g/mol. The van der Waals surface area contributed by atoms with E-state index >= 15 is 0 Å². The zero-order chi connectivity index (χ0) is 14.5. The van der Waals surface area contributed by atoms with E-state index in [1.165, 1.54) is 12.1 Å². The Balaban J connectivity index is 2.87. The molecule has 0 saturated carbocycles. The fraction of sp³-hybridized carbons (Fsp3) is 0.500. The second-order valence-electron chi connectivity index (χ2n) is 5.45. The normalized spacial score (nSPS) is 11.2. The van der Waals surface area contributed by atoms with E-state index in [0.29, 0.717) is 25.2 Å². The molecule has 0 heterocycles. The number of amides is 2. The van der Waals surface area contributed by atoms with Crippen LogP contribution in [0.3, 0.4) is 0 Å². The average Bonchev–Trinajstić information content (AvgIpc) is 2.29. The predicted octanol–water partition coefficient (Wildman–Crippen LogP) is 2.49. The Labute approximate surface area is 113 Å². The Kier molecular flexibility index (Phi) is 5.30. The van der Waals surface area contributed by atoms with Crippen molar-refractivity contribution in [3.05, 3.63) is 30.1 Å². The second-order valence-corrected chi connectivity index (χ2v) is 5.45. The first-order chi connectivity index (χ1) is 8.83. The maximum Gasteiger partial charge on any atom is 0.322 e. The van der Waals surface area contributed by atoms with Crippen molar-refractivity contribution in [3.63, 3.8) is 0 Å². The Morgan fingerprint density at radius 1 is 1.32 bits per heavy atom. The molecule has 0 spiro atoms. The maximum atomic E-state index is 12.9. The number of hydrogen-bond donors (Lipinski definition) is 2. The van der Waals surface area contributed by atoms with E-state index in [0.717, 1.165) is 0 Å². The van der Waals surface area contributed by atoms with E-state index in [1.54, 1.807) is 17.0 Å². The standard InChI is InChI=1S/C14H22FN3O/c1-14(2,3)17-13(19)18(10-4-9-16)12-7-5-11(15)6-8-12/h5-8H,4,9-10,16H2,1-3H3,(H,17,19). The van der Waals surface area contributed by atoms with Crippen LogP contribution in [0.25, 0.3) is 0 Å². The van der Waals surface area contributed by atoms with Crippen LogP contribution in [-0.4, -0.2) is 24.7 Å². The number of urea groups is 1. The summed E-state index contributed by atoms with van der Waals surface area (Å²) in [4.78, 5) is 13.8. The zero-order valence-corrected chi connectivity index (χ0v) is 11.7. The summed E-state index contributed by atoms with van der Waals surface area (Å²) in [6.07, 6.45) is 0.689. The first-order valence-corrected chi connectivity index (χ1v) is 6.39. The SMILES string of the molecule is CC(C)(C)NC(=O)N(CCCN)c1ccc(F)cc1. The zero-order valence-electron chi connectivity index (χ0n) is 11.7. The molecule has 0 aliphatic heterocycles. The third-order valence-corrected chi connectivity index (χ3v) is 2.45. The van der Waals surface area contributed by atoms with Crippen LogP contribution in [0.4, 0.5) is 14.9 Å². The van der Waals surface area contributed by atoms with Crippen LogP contribution in [0.15, 0.2) is 24.3 Å². The van der Waals surface area contributed by atoms with E-state index in [9.17, 15) is 9.18 Å². The van der Waals surface area contributed by atoms with Gasteiger partial charge in [0.15, 0.2) is 0 Å². The molecule has 0 unspecified atom stereocenters. The van der Waals surface area contributed by atoms with Crippen molar-refractivity contribution in [2.24, 2.45) is 5.73 Å². The number of nitrogens with one attached hydrogen (secondary N) is 1. The van der Waals surface area contributed by atoms with Crippen LogP contribution in [0, 0.1) is 5.82 Å². The van der Waals surface area contributed by atoms with E-state index in [1.807, 2.05) is 20.8 Å². The second kappa shape index (κ2) is 6.52. The number of rotatable bonds is 4. The third-order valence-electron chi connectivity index (χ3n) is 2.45. The Morgan fingerprint density at radius 2 is 1.89 bits per heavy atom. The minimum atomic E-state index is -0.321. The number of nitrogens with two attached hydrogens (primary N) is 1. The summed E-state index contributed by atoms with van der Waals surface area (Å²) in [7, 11) is 0. The molecule has 0 saturated heterocycles. The lowest BCUT2D eigenvalue weighted by molar-refractivity contribution is 0.237. The summed E-state index contributed by atoms with van der Waals surface area (Å²) in [6, 6.07) is 5.67. The van der Waals surface area contributed by atoms with Crippen molar-refractivity contribution in [1.29, 1.82) is 0 Å². The highest BCUT2D eigenvalue weighted by molar-refractivity contribution is 5.92.